The molecule has 0 bridgehead atoms. The van der Waals surface area contributed by atoms with Gasteiger partial charge in [0.15, 0.2) is 0 Å². The Morgan fingerprint density at radius 1 is 1.03 bits per heavy atom. The fraction of sp³-hybridized carbons (Fsp3) is 0.240. The van der Waals surface area contributed by atoms with Crippen LogP contribution >= 0.6 is 22.9 Å². The van der Waals surface area contributed by atoms with E-state index in [-0.39, 0.29) is 58.9 Å². The molecule has 10 nitrogen and oxygen atoms in total. The van der Waals surface area contributed by atoms with Gasteiger partial charge in [-0.1, -0.05) is 41.1 Å². The van der Waals surface area contributed by atoms with Crippen LogP contribution in [0.25, 0.3) is 10.2 Å². The average molecular weight is 610 g/mol. The highest BCUT2D eigenvalue weighted by Gasteiger charge is 2.30. The molecule has 39 heavy (non-hydrogen) atoms. The molecular formula is C25H24ClN3O7S3. The number of hydrogen-bond acceptors (Lipinski definition) is 8. The zero-order valence-electron chi connectivity index (χ0n) is 20.7. The van der Waals surface area contributed by atoms with Gasteiger partial charge in [0.25, 0.3) is 10.0 Å². The van der Waals surface area contributed by atoms with E-state index in [0.29, 0.717) is 15.2 Å². The molecule has 0 spiro atoms. The van der Waals surface area contributed by atoms with Gasteiger partial charge < -0.3 is 9.47 Å². The fourth-order valence-corrected chi connectivity index (χ4v) is 8.11. The number of fused-ring (bicyclic) bond motifs is 1. The largest absolute Gasteiger partial charge is 0.495 e. The Kier molecular flexibility index (Phi) is 7.73. The highest BCUT2D eigenvalue weighted by molar-refractivity contribution is 7.92. The zero-order valence-corrected chi connectivity index (χ0v) is 23.9. The summed E-state index contributed by atoms with van der Waals surface area (Å²) in [6.45, 7) is 1.14. The molecule has 2 heterocycles. The van der Waals surface area contributed by atoms with Gasteiger partial charge in [-0.05, 0) is 48.0 Å². The van der Waals surface area contributed by atoms with Gasteiger partial charge in [0.1, 0.15) is 10.6 Å². The van der Waals surface area contributed by atoms with Crippen molar-refractivity contribution in [3.8, 4) is 5.75 Å². The smallest absolute Gasteiger partial charge is 0.308 e. The zero-order chi connectivity index (χ0) is 27.8. The molecule has 1 N–H and O–H groups in total. The van der Waals surface area contributed by atoms with Crippen molar-refractivity contribution in [2.45, 2.75) is 16.3 Å². The van der Waals surface area contributed by atoms with E-state index in [0.717, 1.165) is 16.9 Å². The number of rotatable bonds is 8. The molecule has 1 saturated heterocycles. The maximum atomic E-state index is 13.3. The second-order valence-electron chi connectivity index (χ2n) is 8.66. The summed E-state index contributed by atoms with van der Waals surface area (Å²) in [6.07, 6.45) is 0. The van der Waals surface area contributed by atoms with Crippen LogP contribution in [0.5, 0.6) is 5.75 Å². The lowest BCUT2D eigenvalue weighted by atomic mass is 10.2. The second-order valence-corrected chi connectivity index (χ2v) is 13.7. The maximum absolute atomic E-state index is 13.3. The van der Waals surface area contributed by atoms with Crippen molar-refractivity contribution in [2.24, 2.45) is 0 Å². The van der Waals surface area contributed by atoms with Crippen LogP contribution < -0.4 is 14.3 Å². The summed E-state index contributed by atoms with van der Waals surface area (Å²) in [5, 5.41) is 0.529. The minimum atomic E-state index is -4.13. The van der Waals surface area contributed by atoms with Gasteiger partial charge in [-0.3, -0.25) is 14.1 Å². The number of hydrogen-bond donors (Lipinski definition) is 1. The van der Waals surface area contributed by atoms with Crippen molar-refractivity contribution in [3.05, 3.63) is 80.9 Å². The van der Waals surface area contributed by atoms with Crippen LogP contribution in [0.3, 0.4) is 0 Å². The predicted molar refractivity (Wildman–Crippen MR) is 150 cm³/mol. The molecular weight excluding hydrogens is 586 g/mol. The van der Waals surface area contributed by atoms with Crippen molar-refractivity contribution >= 4 is 58.9 Å². The number of halogens is 1. The van der Waals surface area contributed by atoms with Gasteiger partial charge in [-0.2, -0.15) is 4.31 Å². The van der Waals surface area contributed by atoms with Crippen molar-refractivity contribution in [3.63, 3.8) is 0 Å². The molecule has 0 amide bonds. The third-order valence-electron chi connectivity index (χ3n) is 6.24. The first-order valence-electron chi connectivity index (χ1n) is 11.8. The number of methoxy groups -OCH3 is 1. The molecule has 206 valence electrons. The van der Waals surface area contributed by atoms with Gasteiger partial charge in [0, 0.05) is 18.1 Å². The number of nitrogens with one attached hydrogen (secondary N) is 1. The number of ether oxygens (including phenoxy) is 2. The maximum Gasteiger partial charge on any atom is 0.308 e. The quantitative estimate of drug-likeness (QED) is 0.324. The van der Waals surface area contributed by atoms with E-state index < -0.39 is 20.0 Å². The Morgan fingerprint density at radius 2 is 1.77 bits per heavy atom. The highest BCUT2D eigenvalue weighted by Crippen LogP contribution is 2.32. The number of aromatic nitrogens is 1. The summed E-state index contributed by atoms with van der Waals surface area (Å²) in [5.74, 6) is 0.0930. The molecule has 0 atom stereocenters. The Hall–Kier alpha value is -2.94. The van der Waals surface area contributed by atoms with Crippen LogP contribution in [0.1, 0.15) is 5.56 Å². The highest BCUT2D eigenvalue weighted by atomic mass is 35.5. The lowest BCUT2D eigenvalue weighted by molar-refractivity contribution is 0.0729. The molecule has 0 unspecified atom stereocenters. The van der Waals surface area contributed by atoms with Gasteiger partial charge >= 0.3 is 4.87 Å². The molecule has 1 aliphatic heterocycles. The summed E-state index contributed by atoms with van der Waals surface area (Å²) in [7, 11) is -6.74. The number of thiazole rings is 1. The first kappa shape index (κ1) is 27.6. The van der Waals surface area contributed by atoms with E-state index in [1.54, 1.807) is 18.2 Å². The van der Waals surface area contributed by atoms with E-state index in [9.17, 15) is 21.6 Å². The molecule has 1 aromatic heterocycles. The minimum Gasteiger partial charge on any atom is -0.495 e. The van der Waals surface area contributed by atoms with Gasteiger partial charge in [-0.25, -0.2) is 16.8 Å². The number of benzene rings is 3. The van der Waals surface area contributed by atoms with Crippen molar-refractivity contribution in [1.82, 2.24) is 8.87 Å². The normalized spacial score (nSPS) is 14.9. The molecule has 14 heteroatoms. The average Bonchev–Trinajstić information content (AvgIpc) is 3.24. The minimum absolute atomic E-state index is 0.0483. The first-order chi connectivity index (χ1) is 18.6. The first-order valence-corrected chi connectivity index (χ1v) is 15.9. The number of anilines is 1. The predicted octanol–water partition coefficient (Wildman–Crippen LogP) is 3.60. The molecule has 0 aliphatic carbocycles. The Balaban J connectivity index is 1.45. The lowest BCUT2D eigenvalue weighted by Gasteiger charge is -2.26. The summed E-state index contributed by atoms with van der Waals surface area (Å²) >= 11 is 7.18. The van der Waals surface area contributed by atoms with E-state index in [1.165, 1.54) is 46.3 Å². The molecule has 4 aromatic rings. The summed E-state index contributed by atoms with van der Waals surface area (Å²) < 4.78 is 69.3. The standard InChI is InChI=1S/C25H24ClN3O7S3/c1-35-22-9-6-18(14-24(22)39(33,34)28-10-12-36-13-11-28)27-38(31,32)19-7-8-21-23(15-19)37-25(30)29(21)16-17-4-2-3-5-20(17)26/h2-9,14-15,27H,10-13,16H2,1H3. The van der Waals surface area contributed by atoms with E-state index in [4.69, 9.17) is 21.1 Å². The number of nitrogens with zero attached hydrogens (tertiary/aromatic N) is 2. The van der Waals surface area contributed by atoms with Crippen molar-refractivity contribution in [2.75, 3.05) is 38.1 Å². The van der Waals surface area contributed by atoms with E-state index in [2.05, 4.69) is 4.72 Å². The van der Waals surface area contributed by atoms with Crippen LogP contribution in [0, 0.1) is 0 Å². The molecule has 1 aliphatic rings. The van der Waals surface area contributed by atoms with E-state index >= 15 is 0 Å². The van der Waals surface area contributed by atoms with Gasteiger partial charge in [0.2, 0.25) is 10.0 Å². The monoisotopic (exact) mass is 609 g/mol. The van der Waals surface area contributed by atoms with Gasteiger partial charge in [-0.15, -0.1) is 0 Å². The summed E-state index contributed by atoms with van der Waals surface area (Å²) in [4.78, 5) is 12.2. The Labute approximate surface area is 234 Å². The van der Waals surface area contributed by atoms with Gasteiger partial charge in [0.05, 0.1) is 47.7 Å². The van der Waals surface area contributed by atoms with Crippen molar-refractivity contribution < 1.29 is 26.3 Å². The second kappa shape index (κ2) is 10.9. The van der Waals surface area contributed by atoms with Crippen LogP contribution in [0.4, 0.5) is 5.69 Å². The Morgan fingerprint density at radius 3 is 2.49 bits per heavy atom. The topological polar surface area (TPSA) is 124 Å². The molecule has 5 rings (SSSR count). The van der Waals surface area contributed by atoms with Crippen molar-refractivity contribution in [1.29, 1.82) is 0 Å². The molecule has 0 radical (unpaired) electrons. The molecule has 0 saturated carbocycles. The molecule has 3 aromatic carbocycles. The lowest BCUT2D eigenvalue weighted by Crippen LogP contribution is -2.40. The van der Waals surface area contributed by atoms with E-state index in [1.807, 2.05) is 12.1 Å². The summed E-state index contributed by atoms with van der Waals surface area (Å²) in [5.41, 5.74) is 1.39. The Bertz CT molecular complexity index is 1810. The fourth-order valence-electron chi connectivity index (χ4n) is 4.24. The number of morpholine rings is 1. The summed E-state index contributed by atoms with van der Waals surface area (Å²) in [6, 6.07) is 15.6. The van der Waals surface area contributed by atoms with Crippen LogP contribution in [-0.4, -0.2) is 59.1 Å². The third-order valence-corrected chi connectivity index (χ3v) is 10.8. The third kappa shape index (κ3) is 5.55. The van der Waals surface area contributed by atoms with Crippen LogP contribution in [-0.2, 0) is 31.3 Å². The van der Waals surface area contributed by atoms with Crippen LogP contribution in [0.2, 0.25) is 5.02 Å². The molecule has 1 fully saturated rings. The number of sulfonamides is 2. The SMILES string of the molecule is COc1ccc(NS(=O)(=O)c2ccc3c(c2)sc(=O)n3Cc2ccccc2Cl)cc1S(=O)(=O)N1CCOCC1. The van der Waals surface area contributed by atoms with Crippen LogP contribution in [0.15, 0.2) is 75.2 Å².